The van der Waals surface area contributed by atoms with Crippen molar-refractivity contribution in [2.75, 3.05) is 4.90 Å². The average Bonchev–Trinajstić information content (AvgIpc) is 3.52. The highest BCUT2D eigenvalue weighted by Crippen LogP contribution is 2.51. The Hall–Kier alpha value is -5.78. The summed E-state index contributed by atoms with van der Waals surface area (Å²) in [5, 5.41) is 2.48. The molecule has 0 N–H and O–H groups in total. The first-order valence-electron chi connectivity index (χ1n) is 16.3. The second kappa shape index (κ2) is 10.6. The first kappa shape index (κ1) is 27.3. The summed E-state index contributed by atoms with van der Waals surface area (Å²) in [7, 11) is 0. The monoisotopic (exact) mass is 633 g/mol. The Morgan fingerprint density at radius 2 is 1.17 bits per heavy atom. The molecule has 0 atom stereocenters. The lowest BCUT2D eigenvalue weighted by molar-refractivity contribution is 0.465. The van der Waals surface area contributed by atoms with E-state index in [-0.39, 0.29) is 6.71 Å². The highest BCUT2D eigenvalue weighted by molar-refractivity contribution is 7.26. The van der Waals surface area contributed by atoms with Crippen molar-refractivity contribution < 1.29 is 9.47 Å². The summed E-state index contributed by atoms with van der Waals surface area (Å²) in [6, 6.07) is 54.0. The van der Waals surface area contributed by atoms with Gasteiger partial charge in [0.1, 0.15) is 23.0 Å². The predicted molar refractivity (Wildman–Crippen MR) is 202 cm³/mol. The molecule has 0 bridgehead atoms. The summed E-state index contributed by atoms with van der Waals surface area (Å²) in [5.74, 6) is 3.41. The van der Waals surface area contributed by atoms with E-state index in [9.17, 15) is 0 Å². The van der Waals surface area contributed by atoms with Crippen LogP contribution in [0.2, 0.25) is 0 Å². The van der Waals surface area contributed by atoms with E-state index in [0.717, 1.165) is 67.6 Å². The van der Waals surface area contributed by atoms with Gasteiger partial charge in [0, 0.05) is 49.0 Å². The van der Waals surface area contributed by atoms with Crippen molar-refractivity contribution >= 4 is 71.7 Å². The number of para-hydroxylation sites is 2. The highest BCUT2D eigenvalue weighted by atomic mass is 32.1. The van der Waals surface area contributed by atoms with Crippen molar-refractivity contribution in [2.24, 2.45) is 0 Å². The van der Waals surface area contributed by atoms with Crippen LogP contribution in [0.15, 0.2) is 152 Å². The van der Waals surface area contributed by atoms with E-state index in [2.05, 4.69) is 151 Å². The summed E-state index contributed by atoms with van der Waals surface area (Å²) < 4.78 is 16.1. The fourth-order valence-corrected chi connectivity index (χ4v) is 8.60. The van der Waals surface area contributed by atoms with Crippen LogP contribution in [0.3, 0.4) is 0 Å². The molecule has 10 rings (SSSR count). The van der Waals surface area contributed by atoms with Crippen LogP contribution >= 0.6 is 11.3 Å². The number of hydrogen-bond acceptors (Lipinski definition) is 4. The minimum atomic E-state index is 0.0240. The van der Waals surface area contributed by atoms with Crippen molar-refractivity contribution in [1.82, 2.24) is 0 Å². The number of fused-ring (bicyclic) bond motifs is 7. The molecule has 0 saturated heterocycles. The van der Waals surface area contributed by atoms with Crippen molar-refractivity contribution in [3.8, 4) is 34.1 Å². The van der Waals surface area contributed by atoms with Crippen LogP contribution in [0.5, 0.6) is 23.0 Å². The number of thiophene rings is 1. The van der Waals surface area contributed by atoms with Gasteiger partial charge in [-0.15, -0.1) is 11.3 Å². The van der Waals surface area contributed by atoms with Crippen molar-refractivity contribution in [3.05, 3.63) is 157 Å². The molecule has 0 aliphatic carbocycles. The SMILES string of the molecule is Cc1ccc(N(c2cc3c4c(c2)Oc2ccccc2B4c2ccccc2O3)c2c(-c3ccccc3)ccc3sc4ccccc4c23)cc1. The van der Waals surface area contributed by atoms with Gasteiger partial charge >= 0.3 is 0 Å². The third-order valence-corrected chi connectivity index (χ3v) is 10.8. The van der Waals surface area contributed by atoms with Crippen LogP contribution < -0.4 is 30.8 Å². The maximum atomic E-state index is 6.77. The highest BCUT2D eigenvalue weighted by Gasteiger charge is 2.40. The summed E-state index contributed by atoms with van der Waals surface area (Å²) in [5.41, 5.74) is 10.1. The topological polar surface area (TPSA) is 21.7 Å². The van der Waals surface area contributed by atoms with Gasteiger partial charge < -0.3 is 14.4 Å². The zero-order valence-corrected chi connectivity index (χ0v) is 27.0. The van der Waals surface area contributed by atoms with Crippen molar-refractivity contribution in [2.45, 2.75) is 6.92 Å². The number of hydrogen-bond donors (Lipinski definition) is 0. The standard InChI is InChI=1S/C43H28BNO2S/c1-27-19-21-29(22-20-27)45(43-31(28-11-3-2-4-12-28)23-24-40-41(43)32-13-5-10-18-39(32)48-40)30-25-37-42-38(26-30)47-36-17-9-7-15-34(36)44(42)33-14-6-8-16-35(33)46-37/h2-26H,1H3. The lowest BCUT2D eigenvalue weighted by atomic mass is 9.35. The third kappa shape index (κ3) is 4.14. The van der Waals surface area contributed by atoms with E-state index in [0.29, 0.717) is 0 Å². The Kier molecular flexibility index (Phi) is 6.05. The van der Waals surface area contributed by atoms with Gasteiger partial charge in [0.15, 0.2) is 0 Å². The molecular weight excluding hydrogens is 605 g/mol. The lowest BCUT2D eigenvalue weighted by Gasteiger charge is -2.35. The Morgan fingerprint density at radius 3 is 1.88 bits per heavy atom. The number of rotatable bonds is 4. The molecule has 3 heterocycles. The minimum absolute atomic E-state index is 0.0240. The first-order chi connectivity index (χ1) is 23.7. The average molecular weight is 634 g/mol. The molecule has 0 saturated carbocycles. The van der Waals surface area contributed by atoms with Gasteiger partial charge in [0.05, 0.1) is 11.4 Å². The van der Waals surface area contributed by atoms with Crippen LogP contribution in [0, 0.1) is 6.92 Å². The smallest absolute Gasteiger partial charge is 0.260 e. The normalized spacial score (nSPS) is 12.6. The zero-order valence-electron chi connectivity index (χ0n) is 26.2. The fourth-order valence-electron chi connectivity index (χ4n) is 7.49. The summed E-state index contributed by atoms with van der Waals surface area (Å²) in [6.45, 7) is 2.16. The maximum Gasteiger partial charge on any atom is 0.260 e. The van der Waals surface area contributed by atoms with E-state index >= 15 is 0 Å². The third-order valence-electron chi connectivity index (χ3n) is 9.65. The molecular formula is C43H28BNO2S. The fraction of sp³-hybridized carbons (Fsp3) is 0.0233. The summed E-state index contributed by atoms with van der Waals surface area (Å²) >= 11 is 1.84. The molecule has 0 amide bonds. The van der Waals surface area contributed by atoms with Crippen LogP contribution in [0.1, 0.15) is 5.56 Å². The van der Waals surface area contributed by atoms with Gasteiger partial charge in [-0.1, -0.05) is 109 Å². The number of ether oxygens (including phenoxy) is 2. The molecule has 0 spiro atoms. The first-order valence-corrected chi connectivity index (χ1v) is 17.1. The second-order valence-corrected chi connectivity index (χ2v) is 13.6. The van der Waals surface area contributed by atoms with Gasteiger partial charge in [0.25, 0.3) is 6.71 Å². The van der Waals surface area contributed by atoms with Gasteiger partial charge in [-0.05, 0) is 59.8 Å². The van der Waals surface area contributed by atoms with Crippen LogP contribution in [0.25, 0.3) is 31.3 Å². The van der Waals surface area contributed by atoms with Gasteiger partial charge in [0.2, 0.25) is 0 Å². The van der Waals surface area contributed by atoms with E-state index in [1.165, 1.54) is 25.7 Å². The molecule has 0 fully saturated rings. The van der Waals surface area contributed by atoms with E-state index in [1.54, 1.807) is 0 Å². The van der Waals surface area contributed by atoms with E-state index in [1.807, 2.05) is 23.5 Å². The number of aryl methyl sites for hydroxylation is 1. The molecule has 3 nitrogen and oxygen atoms in total. The van der Waals surface area contributed by atoms with Gasteiger partial charge in [-0.3, -0.25) is 0 Å². The Balaban J connectivity index is 1.30. The summed E-state index contributed by atoms with van der Waals surface area (Å²) in [4.78, 5) is 2.41. The van der Waals surface area contributed by atoms with Crippen LogP contribution in [-0.2, 0) is 0 Å². The molecule has 226 valence electrons. The van der Waals surface area contributed by atoms with Crippen LogP contribution in [-0.4, -0.2) is 6.71 Å². The molecule has 8 aromatic rings. The minimum Gasteiger partial charge on any atom is -0.458 e. The number of benzene rings is 7. The van der Waals surface area contributed by atoms with E-state index in [4.69, 9.17) is 9.47 Å². The quantitative estimate of drug-likeness (QED) is 0.180. The number of anilines is 3. The Bertz CT molecular complexity index is 2470. The molecule has 2 aliphatic heterocycles. The molecule has 5 heteroatoms. The van der Waals surface area contributed by atoms with Crippen LogP contribution in [0.4, 0.5) is 17.1 Å². The largest absolute Gasteiger partial charge is 0.458 e. The molecule has 2 aliphatic rings. The molecule has 1 aromatic heterocycles. The molecule has 48 heavy (non-hydrogen) atoms. The molecule has 0 radical (unpaired) electrons. The second-order valence-electron chi connectivity index (χ2n) is 12.5. The molecule has 0 unspecified atom stereocenters. The Labute approximate surface area is 283 Å². The molecule has 7 aromatic carbocycles. The Morgan fingerprint density at radius 1 is 0.542 bits per heavy atom. The zero-order chi connectivity index (χ0) is 31.8. The van der Waals surface area contributed by atoms with Gasteiger partial charge in [-0.25, -0.2) is 0 Å². The summed E-state index contributed by atoms with van der Waals surface area (Å²) in [6.07, 6.45) is 0. The number of nitrogens with zero attached hydrogens (tertiary/aromatic N) is 1. The maximum absolute atomic E-state index is 6.77. The van der Waals surface area contributed by atoms with Crippen molar-refractivity contribution in [3.63, 3.8) is 0 Å². The lowest BCUT2D eigenvalue weighted by Crippen LogP contribution is -2.57. The van der Waals surface area contributed by atoms with Crippen molar-refractivity contribution in [1.29, 1.82) is 0 Å². The van der Waals surface area contributed by atoms with Gasteiger partial charge in [-0.2, -0.15) is 0 Å². The van der Waals surface area contributed by atoms with E-state index < -0.39 is 0 Å². The predicted octanol–water partition coefficient (Wildman–Crippen LogP) is 10.2.